The van der Waals surface area contributed by atoms with E-state index in [4.69, 9.17) is 0 Å². The maximum absolute atomic E-state index is 13.7. The van der Waals surface area contributed by atoms with Crippen LogP contribution in [0.3, 0.4) is 0 Å². The Labute approximate surface area is 192 Å². The van der Waals surface area contributed by atoms with Crippen LogP contribution in [-0.4, -0.2) is 46.8 Å². The van der Waals surface area contributed by atoms with E-state index in [9.17, 15) is 9.59 Å². The Morgan fingerprint density at radius 1 is 1.10 bits per heavy atom. The molecule has 1 aromatic carbocycles. The van der Waals surface area contributed by atoms with Gasteiger partial charge in [-0.2, -0.15) is 11.8 Å². The lowest BCUT2D eigenvalue weighted by molar-refractivity contribution is -0.139. The van der Waals surface area contributed by atoms with Gasteiger partial charge in [0, 0.05) is 24.3 Å². The first kappa shape index (κ1) is 24.2. The van der Waals surface area contributed by atoms with Gasteiger partial charge in [0.15, 0.2) is 0 Å². The number of aryl methyl sites for hydroxylation is 1. The molecule has 5 heteroatoms. The second-order valence-electron chi connectivity index (χ2n) is 9.33. The number of nitrogens with one attached hydrogen (secondary N) is 1. The van der Waals surface area contributed by atoms with Crippen LogP contribution < -0.4 is 5.32 Å². The molecule has 0 spiro atoms. The first-order valence-corrected chi connectivity index (χ1v) is 13.5. The van der Waals surface area contributed by atoms with E-state index >= 15 is 0 Å². The number of benzene rings is 1. The summed E-state index contributed by atoms with van der Waals surface area (Å²) < 4.78 is 0. The topological polar surface area (TPSA) is 49.4 Å². The van der Waals surface area contributed by atoms with Crippen LogP contribution in [0, 0.1) is 11.8 Å². The SMILES string of the molecule is CC[C@@H](C)C(=O)N[C@H](C(=O)N1CCC[C@H]1CSCCc1ccccc1)C1CCCCC1. The largest absolute Gasteiger partial charge is 0.344 e. The third kappa shape index (κ3) is 7.00. The molecule has 1 aromatic rings. The summed E-state index contributed by atoms with van der Waals surface area (Å²) in [5, 5.41) is 3.19. The van der Waals surface area contributed by atoms with Gasteiger partial charge in [-0.25, -0.2) is 0 Å². The van der Waals surface area contributed by atoms with Crippen LogP contribution in [-0.2, 0) is 16.0 Å². The molecule has 0 bridgehead atoms. The summed E-state index contributed by atoms with van der Waals surface area (Å²) in [6.07, 6.45) is 9.75. The van der Waals surface area contributed by atoms with Crippen LogP contribution >= 0.6 is 11.8 Å². The molecule has 2 amide bonds. The normalized spacial score (nSPS) is 21.6. The highest BCUT2D eigenvalue weighted by Gasteiger charge is 2.38. The summed E-state index contributed by atoms with van der Waals surface area (Å²) in [7, 11) is 0. The van der Waals surface area contributed by atoms with Crippen molar-refractivity contribution in [2.75, 3.05) is 18.1 Å². The zero-order valence-corrected chi connectivity index (χ0v) is 20.2. The fraction of sp³-hybridized carbons (Fsp3) is 0.692. The summed E-state index contributed by atoms with van der Waals surface area (Å²) in [6, 6.07) is 10.6. The van der Waals surface area contributed by atoms with Gasteiger partial charge >= 0.3 is 0 Å². The van der Waals surface area contributed by atoms with Gasteiger partial charge in [0.2, 0.25) is 11.8 Å². The molecule has 0 aromatic heterocycles. The zero-order chi connectivity index (χ0) is 22.1. The van der Waals surface area contributed by atoms with E-state index in [-0.39, 0.29) is 23.8 Å². The van der Waals surface area contributed by atoms with Crippen molar-refractivity contribution in [3.05, 3.63) is 35.9 Å². The number of nitrogens with zero attached hydrogens (tertiary/aromatic N) is 1. The number of hydrogen-bond donors (Lipinski definition) is 1. The standard InChI is InChI=1S/C26H40N2O2S/c1-3-20(2)25(29)27-24(22-13-8-5-9-14-22)26(30)28-17-10-15-23(28)19-31-18-16-21-11-6-4-7-12-21/h4,6-7,11-12,20,22-24H,3,5,8-10,13-19H2,1-2H3,(H,27,29)/t20-,23+,24+/m1/s1. The highest BCUT2D eigenvalue weighted by atomic mass is 32.2. The Balaban J connectivity index is 1.58. The first-order chi connectivity index (χ1) is 15.1. The maximum atomic E-state index is 13.7. The summed E-state index contributed by atoms with van der Waals surface area (Å²) in [4.78, 5) is 28.4. The predicted octanol–water partition coefficient (Wildman–Crippen LogP) is 5.06. The van der Waals surface area contributed by atoms with Crippen molar-refractivity contribution >= 4 is 23.6 Å². The number of rotatable bonds is 10. The lowest BCUT2D eigenvalue weighted by Gasteiger charge is -2.35. The molecule has 1 aliphatic heterocycles. The van der Waals surface area contributed by atoms with E-state index in [1.807, 2.05) is 25.6 Å². The van der Waals surface area contributed by atoms with Gasteiger partial charge in [-0.1, -0.05) is 63.4 Å². The fourth-order valence-corrected chi connectivity index (χ4v) is 6.03. The molecule has 4 nitrogen and oxygen atoms in total. The van der Waals surface area contributed by atoms with Gasteiger partial charge in [0.1, 0.15) is 6.04 Å². The van der Waals surface area contributed by atoms with Gasteiger partial charge in [-0.15, -0.1) is 0 Å². The minimum Gasteiger partial charge on any atom is -0.344 e. The van der Waals surface area contributed by atoms with Gasteiger partial charge < -0.3 is 10.2 Å². The number of thioether (sulfide) groups is 1. The van der Waals surface area contributed by atoms with Gasteiger partial charge in [0.25, 0.3) is 0 Å². The average Bonchev–Trinajstić information content (AvgIpc) is 3.29. The summed E-state index contributed by atoms with van der Waals surface area (Å²) in [5.74, 6) is 2.55. The van der Waals surface area contributed by atoms with E-state index in [1.54, 1.807) is 0 Å². The van der Waals surface area contributed by atoms with Crippen molar-refractivity contribution in [3.63, 3.8) is 0 Å². The molecular weight excluding hydrogens is 404 g/mol. The number of hydrogen-bond acceptors (Lipinski definition) is 3. The molecule has 3 atom stereocenters. The zero-order valence-electron chi connectivity index (χ0n) is 19.4. The van der Waals surface area contributed by atoms with Gasteiger partial charge in [-0.05, 0) is 55.8 Å². The second kappa shape index (κ2) is 12.5. The van der Waals surface area contributed by atoms with Crippen molar-refractivity contribution in [1.82, 2.24) is 10.2 Å². The smallest absolute Gasteiger partial charge is 0.245 e. The Kier molecular flexibility index (Phi) is 9.76. The molecule has 0 unspecified atom stereocenters. The third-order valence-electron chi connectivity index (χ3n) is 7.09. The maximum Gasteiger partial charge on any atom is 0.245 e. The number of likely N-dealkylation sites (tertiary alicyclic amines) is 1. The van der Waals surface area contributed by atoms with E-state index in [0.29, 0.717) is 12.0 Å². The van der Waals surface area contributed by atoms with Crippen LogP contribution in [0.2, 0.25) is 0 Å². The molecular formula is C26H40N2O2S. The Morgan fingerprint density at radius 3 is 2.55 bits per heavy atom. The van der Waals surface area contributed by atoms with Crippen LogP contribution in [0.5, 0.6) is 0 Å². The molecule has 1 N–H and O–H groups in total. The Morgan fingerprint density at radius 2 is 1.84 bits per heavy atom. The van der Waals surface area contributed by atoms with Crippen molar-refractivity contribution in [1.29, 1.82) is 0 Å². The van der Waals surface area contributed by atoms with E-state index in [0.717, 1.165) is 56.6 Å². The molecule has 1 saturated heterocycles. The molecule has 1 saturated carbocycles. The van der Waals surface area contributed by atoms with Gasteiger partial charge in [-0.3, -0.25) is 9.59 Å². The highest BCUT2D eigenvalue weighted by molar-refractivity contribution is 7.99. The van der Waals surface area contributed by atoms with Crippen LogP contribution in [0.25, 0.3) is 0 Å². The fourth-order valence-electron chi connectivity index (χ4n) is 4.86. The number of carbonyl (C=O) groups is 2. The highest BCUT2D eigenvalue weighted by Crippen LogP contribution is 2.30. The van der Waals surface area contributed by atoms with Crippen molar-refractivity contribution in [3.8, 4) is 0 Å². The number of amides is 2. The molecule has 31 heavy (non-hydrogen) atoms. The molecule has 2 aliphatic rings. The third-order valence-corrected chi connectivity index (χ3v) is 8.21. The molecule has 3 rings (SSSR count). The number of carbonyl (C=O) groups excluding carboxylic acids is 2. The van der Waals surface area contributed by atoms with Gasteiger partial charge in [0.05, 0.1) is 0 Å². The van der Waals surface area contributed by atoms with Crippen molar-refractivity contribution < 1.29 is 9.59 Å². The minimum absolute atomic E-state index is 0.0400. The van der Waals surface area contributed by atoms with E-state index in [1.165, 1.54) is 24.8 Å². The minimum atomic E-state index is -0.336. The van der Waals surface area contributed by atoms with Crippen LogP contribution in [0.4, 0.5) is 0 Å². The summed E-state index contributed by atoms with van der Waals surface area (Å²) >= 11 is 1.95. The Bertz CT molecular complexity index is 690. The first-order valence-electron chi connectivity index (χ1n) is 12.3. The molecule has 1 aliphatic carbocycles. The predicted molar refractivity (Wildman–Crippen MR) is 130 cm³/mol. The Hall–Kier alpha value is -1.49. The summed E-state index contributed by atoms with van der Waals surface area (Å²) in [6.45, 7) is 4.83. The van der Waals surface area contributed by atoms with Crippen molar-refractivity contribution in [2.45, 2.75) is 83.7 Å². The molecule has 0 radical (unpaired) electrons. The summed E-state index contributed by atoms with van der Waals surface area (Å²) in [5.41, 5.74) is 1.37. The second-order valence-corrected chi connectivity index (χ2v) is 10.5. The van der Waals surface area contributed by atoms with Crippen LogP contribution in [0.1, 0.15) is 70.8 Å². The quantitative estimate of drug-likeness (QED) is 0.513. The molecule has 1 heterocycles. The van der Waals surface area contributed by atoms with E-state index in [2.05, 4.69) is 40.5 Å². The lowest BCUT2D eigenvalue weighted by atomic mass is 9.83. The van der Waals surface area contributed by atoms with Crippen molar-refractivity contribution in [2.24, 2.45) is 11.8 Å². The molecule has 172 valence electrons. The average molecular weight is 445 g/mol. The van der Waals surface area contributed by atoms with E-state index < -0.39 is 0 Å². The van der Waals surface area contributed by atoms with Crippen LogP contribution in [0.15, 0.2) is 30.3 Å². The molecule has 2 fully saturated rings. The lowest BCUT2D eigenvalue weighted by Crippen LogP contribution is -2.55. The monoisotopic (exact) mass is 444 g/mol.